The van der Waals surface area contributed by atoms with E-state index in [0.717, 1.165) is 0 Å². The fourth-order valence-corrected chi connectivity index (χ4v) is 2.64. The van der Waals surface area contributed by atoms with Gasteiger partial charge in [-0.3, -0.25) is 9.59 Å². The molecule has 0 fully saturated rings. The third-order valence-corrected chi connectivity index (χ3v) is 3.86. The van der Waals surface area contributed by atoms with Crippen molar-refractivity contribution < 1.29 is 9.59 Å². The van der Waals surface area contributed by atoms with Gasteiger partial charge in [-0.15, -0.1) is 0 Å². The van der Waals surface area contributed by atoms with Crippen molar-refractivity contribution in [2.24, 2.45) is 0 Å². The van der Waals surface area contributed by atoms with Gasteiger partial charge in [-0.05, 0) is 40.4 Å². The van der Waals surface area contributed by atoms with Gasteiger partial charge in [0.15, 0.2) is 0 Å². The van der Waals surface area contributed by atoms with E-state index in [-0.39, 0.29) is 24.3 Å². The summed E-state index contributed by atoms with van der Waals surface area (Å²) in [5.41, 5.74) is 1.77. The average molecular weight is 302 g/mol. The molecule has 0 spiro atoms. The van der Waals surface area contributed by atoms with Gasteiger partial charge in [-0.1, -0.05) is 25.1 Å². The first-order valence-corrected chi connectivity index (χ1v) is 7.73. The fraction of sp³-hybridized carbons (Fsp3) is 0.250. The topological polar surface area (TPSA) is 58.2 Å². The van der Waals surface area contributed by atoms with Gasteiger partial charge in [-0.2, -0.15) is 11.3 Å². The second kappa shape index (κ2) is 7.59. The molecule has 2 aromatic rings. The van der Waals surface area contributed by atoms with Crippen LogP contribution in [0.2, 0.25) is 0 Å². The molecule has 0 saturated heterocycles. The lowest BCUT2D eigenvalue weighted by Gasteiger charge is -2.11. The van der Waals surface area contributed by atoms with E-state index in [1.807, 2.05) is 11.4 Å². The highest BCUT2D eigenvalue weighted by Crippen LogP contribution is 2.16. The van der Waals surface area contributed by atoms with Crippen LogP contribution in [0.3, 0.4) is 0 Å². The Balaban J connectivity index is 1.71. The molecule has 1 heterocycles. The SMILES string of the molecule is C[C@@H](CNC(=O)CNC(=O)c1ccccc1)c1ccsc1. The van der Waals surface area contributed by atoms with E-state index >= 15 is 0 Å². The minimum atomic E-state index is -0.239. The number of rotatable bonds is 6. The van der Waals surface area contributed by atoms with Gasteiger partial charge in [0.1, 0.15) is 0 Å². The molecule has 2 rings (SSSR count). The second-order valence-electron chi connectivity index (χ2n) is 4.81. The van der Waals surface area contributed by atoms with Crippen LogP contribution in [0.25, 0.3) is 0 Å². The smallest absolute Gasteiger partial charge is 0.251 e. The minimum absolute atomic E-state index is 0.00984. The predicted octanol–water partition coefficient (Wildman–Crippen LogP) is 2.40. The Labute approximate surface area is 128 Å². The van der Waals surface area contributed by atoms with E-state index in [9.17, 15) is 9.59 Å². The number of thiophene rings is 1. The van der Waals surface area contributed by atoms with Crippen molar-refractivity contribution in [3.8, 4) is 0 Å². The molecular formula is C16H18N2O2S. The van der Waals surface area contributed by atoms with Crippen molar-refractivity contribution in [1.29, 1.82) is 0 Å². The zero-order valence-electron chi connectivity index (χ0n) is 11.8. The molecule has 0 radical (unpaired) electrons. The van der Waals surface area contributed by atoms with Crippen LogP contribution in [0.4, 0.5) is 0 Å². The van der Waals surface area contributed by atoms with Gasteiger partial charge in [0.05, 0.1) is 6.54 Å². The lowest BCUT2D eigenvalue weighted by atomic mass is 10.1. The largest absolute Gasteiger partial charge is 0.354 e. The molecular weight excluding hydrogens is 284 g/mol. The maximum absolute atomic E-state index is 11.8. The third-order valence-electron chi connectivity index (χ3n) is 3.16. The normalized spacial score (nSPS) is 11.7. The first kappa shape index (κ1) is 15.3. The highest BCUT2D eigenvalue weighted by molar-refractivity contribution is 7.07. The summed E-state index contributed by atoms with van der Waals surface area (Å²) in [7, 11) is 0. The van der Waals surface area contributed by atoms with Crippen molar-refractivity contribution >= 4 is 23.2 Å². The molecule has 1 aromatic carbocycles. The summed E-state index contributed by atoms with van der Waals surface area (Å²) >= 11 is 1.64. The van der Waals surface area contributed by atoms with Crippen LogP contribution in [0.5, 0.6) is 0 Å². The number of hydrogen-bond acceptors (Lipinski definition) is 3. The van der Waals surface area contributed by atoms with Gasteiger partial charge >= 0.3 is 0 Å². The molecule has 1 atom stereocenters. The highest BCUT2D eigenvalue weighted by Gasteiger charge is 2.10. The highest BCUT2D eigenvalue weighted by atomic mass is 32.1. The van der Waals surface area contributed by atoms with Crippen LogP contribution >= 0.6 is 11.3 Å². The molecule has 21 heavy (non-hydrogen) atoms. The van der Waals surface area contributed by atoms with Crippen molar-refractivity contribution in [2.45, 2.75) is 12.8 Å². The molecule has 0 unspecified atom stereocenters. The van der Waals surface area contributed by atoms with E-state index < -0.39 is 0 Å². The summed E-state index contributed by atoms with van der Waals surface area (Å²) in [4.78, 5) is 23.5. The number of carbonyl (C=O) groups excluding carboxylic acids is 2. The van der Waals surface area contributed by atoms with Crippen LogP contribution in [0, 0.1) is 0 Å². The van der Waals surface area contributed by atoms with Crippen molar-refractivity contribution in [1.82, 2.24) is 10.6 Å². The van der Waals surface area contributed by atoms with Gasteiger partial charge in [0, 0.05) is 12.1 Å². The van der Waals surface area contributed by atoms with Gasteiger partial charge in [0.25, 0.3) is 5.91 Å². The lowest BCUT2D eigenvalue weighted by molar-refractivity contribution is -0.120. The van der Waals surface area contributed by atoms with Crippen molar-refractivity contribution in [3.63, 3.8) is 0 Å². The summed E-state index contributed by atoms with van der Waals surface area (Å²) in [6.07, 6.45) is 0. The Kier molecular flexibility index (Phi) is 5.51. The van der Waals surface area contributed by atoms with Crippen LogP contribution in [0.1, 0.15) is 28.8 Å². The van der Waals surface area contributed by atoms with Crippen LogP contribution < -0.4 is 10.6 Å². The van der Waals surface area contributed by atoms with Gasteiger partial charge in [0.2, 0.25) is 5.91 Å². The van der Waals surface area contributed by atoms with E-state index in [1.165, 1.54) is 5.56 Å². The zero-order valence-corrected chi connectivity index (χ0v) is 12.7. The first-order valence-electron chi connectivity index (χ1n) is 6.79. The predicted molar refractivity (Wildman–Crippen MR) is 84.5 cm³/mol. The zero-order chi connectivity index (χ0) is 15.1. The summed E-state index contributed by atoms with van der Waals surface area (Å²) in [6, 6.07) is 10.9. The van der Waals surface area contributed by atoms with E-state index in [4.69, 9.17) is 0 Å². The molecule has 110 valence electrons. The number of hydrogen-bond donors (Lipinski definition) is 2. The molecule has 0 aliphatic carbocycles. The third kappa shape index (κ3) is 4.72. The summed E-state index contributed by atoms with van der Waals surface area (Å²) in [6.45, 7) is 2.62. The first-order chi connectivity index (χ1) is 10.2. The molecule has 0 aliphatic rings. The van der Waals surface area contributed by atoms with E-state index in [2.05, 4.69) is 29.0 Å². The monoisotopic (exact) mass is 302 g/mol. The Bertz CT molecular complexity index is 582. The molecule has 0 aliphatic heterocycles. The Hall–Kier alpha value is -2.14. The van der Waals surface area contributed by atoms with Crippen LogP contribution in [-0.2, 0) is 4.79 Å². The maximum atomic E-state index is 11.8. The summed E-state index contributed by atoms with van der Waals surface area (Å²) in [5.74, 6) is -0.150. The van der Waals surface area contributed by atoms with Gasteiger partial charge in [-0.25, -0.2) is 0 Å². The lowest BCUT2D eigenvalue weighted by Crippen LogP contribution is -2.38. The molecule has 2 N–H and O–H groups in total. The molecule has 0 bridgehead atoms. The number of carbonyl (C=O) groups is 2. The van der Waals surface area contributed by atoms with Crippen molar-refractivity contribution in [2.75, 3.05) is 13.1 Å². The Morgan fingerprint density at radius 1 is 1.14 bits per heavy atom. The minimum Gasteiger partial charge on any atom is -0.354 e. The Morgan fingerprint density at radius 3 is 2.57 bits per heavy atom. The molecule has 2 amide bonds. The summed E-state index contributed by atoms with van der Waals surface area (Å²) < 4.78 is 0. The molecule has 1 aromatic heterocycles. The Morgan fingerprint density at radius 2 is 1.90 bits per heavy atom. The second-order valence-corrected chi connectivity index (χ2v) is 5.59. The van der Waals surface area contributed by atoms with Crippen LogP contribution in [0.15, 0.2) is 47.2 Å². The average Bonchev–Trinajstić information content (AvgIpc) is 3.05. The van der Waals surface area contributed by atoms with Crippen LogP contribution in [-0.4, -0.2) is 24.9 Å². The van der Waals surface area contributed by atoms with Gasteiger partial charge < -0.3 is 10.6 Å². The number of amides is 2. The van der Waals surface area contributed by atoms with E-state index in [0.29, 0.717) is 12.1 Å². The number of nitrogens with one attached hydrogen (secondary N) is 2. The fourth-order valence-electron chi connectivity index (χ4n) is 1.85. The molecule has 4 nitrogen and oxygen atoms in total. The standard InChI is InChI=1S/C16H18N2O2S/c1-12(14-7-8-21-11-14)9-17-15(19)10-18-16(20)13-5-3-2-4-6-13/h2-8,11-12H,9-10H2,1H3,(H,17,19)(H,18,20)/t12-/m0/s1. The quantitative estimate of drug-likeness (QED) is 0.861. The maximum Gasteiger partial charge on any atom is 0.251 e. The molecule has 5 heteroatoms. The van der Waals surface area contributed by atoms with E-state index in [1.54, 1.807) is 35.6 Å². The summed E-state index contributed by atoms with van der Waals surface area (Å²) in [5, 5.41) is 9.54. The number of benzene rings is 1. The molecule has 0 saturated carbocycles. The van der Waals surface area contributed by atoms with Crippen molar-refractivity contribution in [3.05, 3.63) is 58.3 Å².